The summed E-state index contributed by atoms with van der Waals surface area (Å²) in [6.07, 6.45) is 4.87. The summed E-state index contributed by atoms with van der Waals surface area (Å²) >= 11 is 1.80. The van der Waals surface area contributed by atoms with Gasteiger partial charge in [-0.15, -0.1) is 11.8 Å². The molecule has 94 valence electrons. The maximum atomic E-state index is 3.73. The number of nitrogens with one attached hydrogen (secondary N) is 1. The Morgan fingerprint density at radius 1 is 1.18 bits per heavy atom. The van der Waals surface area contributed by atoms with Crippen LogP contribution >= 0.6 is 11.8 Å². The summed E-state index contributed by atoms with van der Waals surface area (Å²) in [5, 5.41) is 3.73. The SMILES string of the molecule is CSc1ccc(C(C)NC(C)C2(C)CC2)cc1. The largest absolute Gasteiger partial charge is 0.307 e. The van der Waals surface area contributed by atoms with Gasteiger partial charge in [-0.05, 0) is 56.1 Å². The Labute approximate surface area is 109 Å². The van der Waals surface area contributed by atoms with Gasteiger partial charge in [0.1, 0.15) is 0 Å². The first kappa shape index (κ1) is 13.0. The van der Waals surface area contributed by atoms with E-state index in [-0.39, 0.29) is 0 Å². The van der Waals surface area contributed by atoms with E-state index in [2.05, 4.69) is 56.6 Å². The summed E-state index contributed by atoms with van der Waals surface area (Å²) in [4.78, 5) is 1.34. The van der Waals surface area contributed by atoms with Crippen molar-refractivity contribution in [1.82, 2.24) is 5.32 Å². The zero-order valence-electron chi connectivity index (χ0n) is 11.3. The van der Waals surface area contributed by atoms with E-state index in [1.807, 2.05) is 0 Å². The topological polar surface area (TPSA) is 12.0 Å². The minimum Gasteiger partial charge on any atom is -0.307 e. The molecule has 1 aromatic rings. The van der Waals surface area contributed by atoms with Crippen molar-refractivity contribution in [3.8, 4) is 0 Å². The van der Waals surface area contributed by atoms with Gasteiger partial charge in [-0.3, -0.25) is 0 Å². The molecule has 1 aromatic carbocycles. The van der Waals surface area contributed by atoms with Gasteiger partial charge in [0, 0.05) is 17.0 Å². The monoisotopic (exact) mass is 249 g/mol. The molecule has 1 nitrogen and oxygen atoms in total. The van der Waals surface area contributed by atoms with Crippen molar-refractivity contribution < 1.29 is 0 Å². The number of hydrogen-bond donors (Lipinski definition) is 1. The molecule has 1 fully saturated rings. The van der Waals surface area contributed by atoms with Gasteiger partial charge in [0.05, 0.1) is 0 Å². The minimum atomic E-state index is 0.443. The molecular formula is C15H23NS. The standard InChI is InChI=1S/C15H23NS/c1-11(16-12(2)15(3)9-10-15)13-5-7-14(17-4)8-6-13/h5-8,11-12,16H,9-10H2,1-4H3. The highest BCUT2D eigenvalue weighted by molar-refractivity contribution is 7.98. The van der Waals surface area contributed by atoms with Gasteiger partial charge in [0.15, 0.2) is 0 Å². The van der Waals surface area contributed by atoms with E-state index >= 15 is 0 Å². The molecule has 1 N–H and O–H groups in total. The van der Waals surface area contributed by atoms with E-state index in [0.717, 1.165) is 0 Å². The molecule has 17 heavy (non-hydrogen) atoms. The predicted octanol–water partition coefficient (Wildman–Crippen LogP) is 4.25. The minimum absolute atomic E-state index is 0.443. The number of hydrogen-bond acceptors (Lipinski definition) is 2. The number of benzene rings is 1. The molecule has 2 atom stereocenters. The van der Waals surface area contributed by atoms with E-state index < -0.39 is 0 Å². The molecule has 1 aliphatic carbocycles. The summed E-state index contributed by atoms with van der Waals surface area (Å²) in [6.45, 7) is 6.96. The Balaban J connectivity index is 1.96. The third-order valence-electron chi connectivity index (χ3n) is 4.20. The third-order valence-corrected chi connectivity index (χ3v) is 4.94. The maximum Gasteiger partial charge on any atom is 0.0294 e. The second kappa shape index (κ2) is 5.03. The fourth-order valence-electron chi connectivity index (χ4n) is 2.20. The molecule has 0 radical (unpaired) electrons. The van der Waals surface area contributed by atoms with E-state index in [1.54, 1.807) is 11.8 Å². The summed E-state index contributed by atoms with van der Waals surface area (Å²) < 4.78 is 0. The second-order valence-electron chi connectivity index (χ2n) is 5.54. The van der Waals surface area contributed by atoms with Crippen LogP contribution in [0.1, 0.15) is 45.2 Å². The Bertz CT molecular complexity index is 367. The van der Waals surface area contributed by atoms with Crippen molar-refractivity contribution >= 4 is 11.8 Å². The fourth-order valence-corrected chi connectivity index (χ4v) is 2.60. The van der Waals surface area contributed by atoms with E-state index in [4.69, 9.17) is 0 Å². The zero-order valence-corrected chi connectivity index (χ0v) is 12.1. The van der Waals surface area contributed by atoms with Gasteiger partial charge in [-0.25, -0.2) is 0 Å². The van der Waals surface area contributed by atoms with Gasteiger partial charge in [-0.2, -0.15) is 0 Å². The van der Waals surface area contributed by atoms with Gasteiger partial charge in [0.25, 0.3) is 0 Å². The molecule has 0 aromatic heterocycles. The van der Waals surface area contributed by atoms with Crippen LogP contribution in [0.3, 0.4) is 0 Å². The average Bonchev–Trinajstić information content (AvgIpc) is 3.09. The molecule has 2 unspecified atom stereocenters. The van der Waals surface area contributed by atoms with Gasteiger partial charge in [0.2, 0.25) is 0 Å². The highest BCUT2D eigenvalue weighted by Crippen LogP contribution is 2.48. The van der Waals surface area contributed by atoms with Gasteiger partial charge < -0.3 is 5.32 Å². The third kappa shape index (κ3) is 3.05. The number of rotatable bonds is 5. The van der Waals surface area contributed by atoms with Gasteiger partial charge >= 0.3 is 0 Å². The molecule has 0 amide bonds. The highest BCUT2D eigenvalue weighted by Gasteiger charge is 2.42. The molecule has 0 saturated heterocycles. The molecule has 2 rings (SSSR count). The van der Waals surface area contributed by atoms with Crippen LogP contribution in [0.25, 0.3) is 0 Å². The molecule has 0 spiro atoms. The lowest BCUT2D eigenvalue weighted by Gasteiger charge is -2.25. The summed E-state index contributed by atoms with van der Waals surface area (Å²) in [6, 6.07) is 9.95. The Hall–Kier alpha value is -0.470. The van der Waals surface area contributed by atoms with Crippen LogP contribution < -0.4 is 5.32 Å². The second-order valence-corrected chi connectivity index (χ2v) is 6.42. The lowest BCUT2D eigenvalue weighted by Crippen LogP contribution is -2.35. The Kier molecular flexibility index (Phi) is 3.84. The summed E-state index contributed by atoms with van der Waals surface area (Å²) in [5.41, 5.74) is 1.94. The lowest BCUT2D eigenvalue weighted by molar-refractivity contribution is 0.350. The van der Waals surface area contributed by atoms with Crippen LogP contribution in [0, 0.1) is 5.41 Å². The molecule has 0 heterocycles. The van der Waals surface area contributed by atoms with Gasteiger partial charge in [-0.1, -0.05) is 19.1 Å². The van der Waals surface area contributed by atoms with Crippen molar-refractivity contribution in [3.63, 3.8) is 0 Å². The van der Waals surface area contributed by atoms with Crippen LogP contribution in [-0.4, -0.2) is 12.3 Å². The number of thioether (sulfide) groups is 1. The van der Waals surface area contributed by atoms with Crippen LogP contribution in [0.5, 0.6) is 0 Å². The van der Waals surface area contributed by atoms with Crippen LogP contribution in [-0.2, 0) is 0 Å². The first-order chi connectivity index (χ1) is 8.05. The van der Waals surface area contributed by atoms with Crippen LogP contribution in [0.15, 0.2) is 29.2 Å². The lowest BCUT2D eigenvalue weighted by atomic mass is 9.98. The molecule has 2 heteroatoms. The first-order valence-corrected chi connectivity index (χ1v) is 7.67. The van der Waals surface area contributed by atoms with Crippen molar-refractivity contribution in [2.45, 2.75) is 50.6 Å². The molecular weight excluding hydrogens is 226 g/mol. The van der Waals surface area contributed by atoms with Crippen molar-refractivity contribution in [1.29, 1.82) is 0 Å². The Morgan fingerprint density at radius 3 is 2.24 bits per heavy atom. The smallest absolute Gasteiger partial charge is 0.0294 e. The van der Waals surface area contributed by atoms with Crippen molar-refractivity contribution in [3.05, 3.63) is 29.8 Å². The van der Waals surface area contributed by atoms with E-state index in [0.29, 0.717) is 17.5 Å². The van der Waals surface area contributed by atoms with E-state index in [9.17, 15) is 0 Å². The average molecular weight is 249 g/mol. The Morgan fingerprint density at radius 2 is 1.76 bits per heavy atom. The molecule has 0 bridgehead atoms. The molecule has 1 aliphatic rings. The first-order valence-electron chi connectivity index (χ1n) is 6.45. The normalized spacial score (nSPS) is 20.9. The van der Waals surface area contributed by atoms with Crippen LogP contribution in [0.4, 0.5) is 0 Å². The quantitative estimate of drug-likeness (QED) is 0.783. The maximum absolute atomic E-state index is 3.73. The van der Waals surface area contributed by atoms with Crippen molar-refractivity contribution in [2.75, 3.05) is 6.26 Å². The molecule has 1 saturated carbocycles. The fraction of sp³-hybridized carbons (Fsp3) is 0.600. The summed E-state index contributed by atoms with van der Waals surface area (Å²) in [5.74, 6) is 0. The van der Waals surface area contributed by atoms with Crippen LogP contribution in [0.2, 0.25) is 0 Å². The van der Waals surface area contributed by atoms with Crippen molar-refractivity contribution in [2.24, 2.45) is 5.41 Å². The molecule has 0 aliphatic heterocycles. The predicted molar refractivity (Wildman–Crippen MR) is 76.6 cm³/mol. The highest BCUT2D eigenvalue weighted by atomic mass is 32.2. The van der Waals surface area contributed by atoms with E-state index in [1.165, 1.54) is 23.3 Å². The summed E-state index contributed by atoms with van der Waals surface area (Å²) in [7, 11) is 0. The zero-order chi connectivity index (χ0) is 12.5.